The summed E-state index contributed by atoms with van der Waals surface area (Å²) in [4.78, 5) is 11.6. The standard InChI is InChI=1S/C12H15NO2S.C8H11N/c1-9(2)12(8-13,6-5-11(14)15)10-4-3-7-16-10;1-7(9)8-5-3-2-4-6-8/h3-4,7,9H,5-6H2,1-2H3,(H,14,15);2-7H,9H2,1H3/t12-;/m1./s1. The first-order valence-electron chi connectivity index (χ1n) is 8.31. The van der Waals surface area contributed by atoms with Crippen LogP contribution in [0.5, 0.6) is 0 Å². The lowest BCUT2D eigenvalue weighted by Crippen LogP contribution is -2.30. The molecule has 0 bridgehead atoms. The monoisotopic (exact) mass is 358 g/mol. The molecule has 4 nitrogen and oxygen atoms in total. The minimum absolute atomic E-state index is 0.0314. The quantitative estimate of drug-likeness (QED) is 0.781. The molecule has 1 aromatic carbocycles. The summed E-state index contributed by atoms with van der Waals surface area (Å²) in [7, 11) is 0. The maximum Gasteiger partial charge on any atom is 0.303 e. The summed E-state index contributed by atoms with van der Waals surface area (Å²) in [5.41, 5.74) is 6.15. The van der Waals surface area contributed by atoms with E-state index in [-0.39, 0.29) is 18.4 Å². The van der Waals surface area contributed by atoms with Crippen LogP contribution in [0.2, 0.25) is 0 Å². The van der Waals surface area contributed by atoms with Gasteiger partial charge in [0.25, 0.3) is 0 Å². The van der Waals surface area contributed by atoms with E-state index in [1.54, 1.807) is 0 Å². The van der Waals surface area contributed by atoms with Crippen molar-refractivity contribution in [1.82, 2.24) is 0 Å². The summed E-state index contributed by atoms with van der Waals surface area (Å²) in [5, 5.41) is 20.1. The highest BCUT2D eigenvalue weighted by molar-refractivity contribution is 7.10. The van der Waals surface area contributed by atoms with Crippen LogP contribution in [0, 0.1) is 17.2 Å². The topological polar surface area (TPSA) is 87.1 Å². The highest BCUT2D eigenvalue weighted by Gasteiger charge is 2.37. The van der Waals surface area contributed by atoms with Crippen LogP contribution in [0.25, 0.3) is 0 Å². The first-order chi connectivity index (χ1) is 11.8. The second-order valence-corrected chi connectivity index (χ2v) is 7.26. The largest absolute Gasteiger partial charge is 0.481 e. The van der Waals surface area contributed by atoms with Gasteiger partial charge in [0.15, 0.2) is 0 Å². The second kappa shape index (κ2) is 9.97. The zero-order valence-corrected chi connectivity index (χ0v) is 15.8. The molecule has 0 amide bonds. The lowest BCUT2D eigenvalue weighted by Gasteiger charge is -2.29. The van der Waals surface area contributed by atoms with Crippen molar-refractivity contribution in [3.63, 3.8) is 0 Å². The van der Waals surface area contributed by atoms with Crippen LogP contribution in [-0.4, -0.2) is 11.1 Å². The molecule has 5 heteroatoms. The number of thiophene rings is 1. The summed E-state index contributed by atoms with van der Waals surface area (Å²) in [5.74, 6) is -0.743. The van der Waals surface area contributed by atoms with Gasteiger partial charge in [0.1, 0.15) is 0 Å². The van der Waals surface area contributed by atoms with Crippen LogP contribution >= 0.6 is 11.3 Å². The molecule has 0 fully saturated rings. The molecule has 0 saturated heterocycles. The van der Waals surface area contributed by atoms with Gasteiger partial charge >= 0.3 is 5.97 Å². The number of hydrogen-bond acceptors (Lipinski definition) is 4. The van der Waals surface area contributed by atoms with Crippen LogP contribution in [0.15, 0.2) is 47.8 Å². The van der Waals surface area contributed by atoms with Gasteiger partial charge in [-0.05, 0) is 36.3 Å². The number of carboxylic acid groups (broad SMARTS) is 1. The molecule has 2 rings (SSSR count). The van der Waals surface area contributed by atoms with Gasteiger partial charge in [-0.2, -0.15) is 5.26 Å². The maximum atomic E-state index is 10.6. The summed E-state index contributed by atoms with van der Waals surface area (Å²) in [6.45, 7) is 5.91. The minimum Gasteiger partial charge on any atom is -0.481 e. The first kappa shape index (κ1) is 20.9. The van der Waals surface area contributed by atoms with Crippen molar-refractivity contribution in [2.75, 3.05) is 0 Å². The molecule has 2 aromatic rings. The van der Waals surface area contributed by atoms with Crippen molar-refractivity contribution in [2.24, 2.45) is 11.7 Å². The number of benzene rings is 1. The normalized spacial score (nSPS) is 13.9. The van der Waals surface area contributed by atoms with Crippen LogP contribution in [-0.2, 0) is 10.2 Å². The van der Waals surface area contributed by atoms with E-state index < -0.39 is 11.4 Å². The molecule has 3 N–H and O–H groups in total. The number of aliphatic carboxylic acids is 1. The molecule has 1 aromatic heterocycles. The molecule has 0 spiro atoms. The molecule has 1 unspecified atom stereocenters. The number of carbonyl (C=O) groups is 1. The van der Waals surface area contributed by atoms with Gasteiger partial charge in [0.05, 0.1) is 11.5 Å². The van der Waals surface area contributed by atoms with E-state index in [4.69, 9.17) is 10.8 Å². The average molecular weight is 359 g/mol. The third kappa shape index (κ3) is 6.00. The third-order valence-electron chi connectivity index (χ3n) is 4.20. The average Bonchev–Trinajstić information content (AvgIpc) is 3.12. The fraction of sp³-hybridized carbons (Fsp3) is 0.400. The zero-order chi connectivity index (χ0) is 18.9. The number of nitrogens with zero attached hydrogens (tertiary/aromatic N) is 1. The molecule has 0 radical (unpaired) electrons. The zero-order valence-electron chi connectivity index (χ0n) is 15.0. The third-order valence-corrected chi connectivity index (χ3v) is 5.25. The van der Waals surface area contributed by atoms with Crippen molar-refractivity contribution in [3.8, 4) is 6.07 Å². The Morgan fingerprint density at radius 1 is 1.24 bits per heavy atom. The van der Waals surface area contributed by atoms with E-state index in [0.29, 0.717) is 6.42 Å². The predicted octanol–water partition coefficient (Wildman–Crippen LogP) is 4.74. The molecular weight excluding hydrogens is 332 g/mol. The van der Waals surface area contributed by atoms with Gasteiger partial charge in [-0.15, -0.1) is 11.3 Å². The van der Waals surface area contributed by atoms with Gasteiger partial charge in [-0.25, -0.2) is 0 Å². The molecule has 0 aliphatic carbocycles. The van der Waals surface area contributed by atoms with Crippen molar-refractivity contribution in [1.29, 1.82) is 5.26 Å². The predicted molar refractivity (Wildman–Crippen MR) is 102 cm³/mol. The number of nitriles is 1. The smallest absolute Gasteiger partial charge is 0.303 e. The van der Waals surface area contributed by atoms with E-state index in [2.05, 4.69) is 6.07 Å². The first-order valence-corrected chi connectivity index (χ1v) is 9.19. The highest BCUT2D eigenvalue weighted by Crippen LogP contribution is 2.38. The number of rotatable bonds is 6. The van der Waals surface area contributed by atoms with Gasteiger partial charge in [-0.1, -0.05) is 50.2 Å². The lowest BCUT2D eigenvalue weighted by atomic mass is 9.74. The number of hydrogen-bond donors (Lipinski definition) is 2. The molecule has 0 saturated carbocycles. The Balaban J connectivity index is 0.000000293. The van der Waals surface area contributed by atoms with Gasteiger partial charge in [-0.3, -0.25) is 4.79 Å². The van der Waals surface area contributed by atoms with Crippen LogP contribution in [0.3, 0.4) is 0 Å². The van der Waals surface area contributed by atoms with Crippen molar-refractivity contribution in [2.45, 2.75) is 45.1 Å². The fourth-order valence-electron chi connectivity index (χ4n) is 2.53. The van der Waals surface area contributed by atoms with Crippen molar-refractivity contribution < 1.29 is 9.90 Å². The Hall–Kier alpha value is -2.16. The van der Waals surface area contributed by atoms with E-state index in [9.17, 15) is 10.1 Å². The Kier molecular flexibility index (Phi) is 8.33. The molecule has 134 valence electrons. The fourth-order valence-corrected chi connectivity index (χ4v) is 3.58. The molecular formula is C20H26N2O2S. The minimum atomic E-state index is -0.850. The molecule has 1 heterocycles. The lowest BCUT2D eigenvalue weighted by molar-refractivity contribution is -0.137. The van der Waals surface area contributed by atoms with Crippen molar-refractivity contribution >= 4 is 17.3 Å². The van der Waals surface area contributed by atoms with E-state index >= 15 is 0 Å². The van der Waals surface area contributed by atoms with Gasteiger partial charge in [0, 0.05) is 17.3 Å². The Morgan fingerprint density at radius 2 is 1.88 bits per heavy atom. The molecule has 0 aliphatic heterocycles. The molecule has 25 heavy (non-hydrogen) atoms. The van der Waals surface area contributed by atoms with Crippen LogP contribution in [0.1, 0.15) is 50.1 Å². The Labute approximate surface area is 153 Å². The SMILES string of the molecule is CC(C)[C@](C#N)(CCC(=O)O)c1cccs1.CC(N)c1ccccc1. The second-order valence-electron chi connectivity index (χ2n) is 6.31. The van der Waals surface area contributed by atoms with E-state index in [0.717, 1.165) is 4.88 Å². The maximum absolute atomic E-state index is 10.6. The summed E-state index contributed by atoms with van der Waals surface area (Å²) in [6.07, 6.45) is 0.403. The summed E-state index contributed by atoms with van der Waals surface area (Å²) >= 11 is 1.52. The van der Waals surface area contributed by atoms with Gasteiger partial charge in [0.2, 0.25) is 0 Å². The molecule has 0 aliphatic rings. The number of carboxylic acids is 1. The Morgan fingerprint density at radius 3 is 2.24 bits per heavy atom. The van der Waals surface area contributed by atoms with E-state index in [1.165, 1.54) is 16.9 Å². The van der Waals surface area contributed by atoms with E-state index in [1.807, 2.05) is 68.6 Å². The number of nitrogens with two attached hydrogens (primary N) is 1. The van der Waals surface area contributed by atoms with Crippen LogP contribution in [0.4, 0.5) is 0 Å². The van der Waals surface area contributed by atoms with Gasteiger partial charge < -0.3 is 10.8 Å². The summed E-state index contributed by atoms with van der Waals surface area (Å²) in [6, 6.07) is 16.3. The van der Waals surface area contributed by atoms with Crippen molar-refractivity contribution in [3.05, 3.63) is 58.3 Å². The highest BCUT2D eigenvalue weighted by atomic mass is 32.1. The Bertz CT molecular complexity index is 675. The van der Waals surface area contributed by atoms with Crippen LogP contribution < -0.4 is 5.73 Å². The molecule has 2 atom stereocenters. The summed E-state index contributed by atoms with van der Waals surface area (Å²) < 4.78 is 0.